The lowest BCUT2D eigenvalue weighted by atomic mass is 9.93. The van der Waals surface area contributed by atoms with Crippen molar-refractivity contribution in [1.82, 2.24) is 4.90 Å². The molecule has 2 amide bonds. The summed E-state index contributed by atoms with van der Waals surface area (Å²) in [6.07, 6.45) is -0.0466. The third-order valence-electron chi connectivity index (χ3n) is 3.99. The SMILES string of the molecule is CC(C)(C)OC(=O)CCN1C(=O)c2cccc3c(N)ccc(c23)C1=O. The molecule has 0 bridgehead atoms. The van der Waals surface area contributed by atoms with Gasteiger partial charge in [-0.3, -0.25) is 19.3 Å². The Kier molecular flexibility index (Phi) is 3.99. The predicted molar refractivity (Wildman–Crippen MR) is 94.2 cm³/mol. The fraction of sp³-hybridized carbons (Fsp3) is 0.316. The van der Waals surface area contributed by atoms with Gasteiger partial charge in [0.05, 0.1) is 6.42 Å². The molecule has 6 heteroatoms. The Morgan fingerprint density at radius 2 is 1.72 bits per heavy atom. The van der Waals surface area contributed by atoms with Gasteiger partial charge >= 0.3 is 5.97 Å². The molecule has 0 radical (unpaired) electrons. The summed E-state index contributed by atoms with van der Waals surface area (Å²) >= 11 is 0. The number of ether oxygens (including phenoxy) is 1. The van der Waals surface area contributed by atoms with Crippen LogP contribution in [0.2, 0.25) is 0 Å². The van der Waals surface area contributed by atoms with Crippen LogP contribution in [0.3, 0.4) is 0 Å². The standard InChI is InChI=1S/C19H20N2O4/c1-19(2,3)25-15(22)9-10-21-17(23)12-6-4-5-11-14(20)8-7-13(16(11)12)18(21)24/h4-8H,9-10,20H2,1-3H3. The number of carbonyl (C=O) groups excluding carboxylic acids is 3. The Bertz CT molecular complexity index is 874. The largest absolute Gasteiger partial charge is 0.460 e. The average molecular weight is 340 g/mol. The first-order valence-corrected chi connectivity index (χ1v) is 8.08. The molecule has 0 aromatic heterocycles. The van der Waals surface area contributed by atoms with E-state index >= 15 is 0 Å². The van der Waals surface area contributed by atoms with Gasteiger partial charge in [0.25, 0.3) is 11.8 Å². The summed E-state index contributed by atoms with van der Waals surface area (Å²) in [6, 6.07) is 8.46. The smallest absolute Gasteiger partial charge is 0.308 e. The van der Waals surface area contributed by atoms with Crippen molar-refractivity contribution in [2.75, 3.05) is 12.3 Å². The summed E-state index contributed by atoms with van der Waals surface area (Å²) in [7, 11) is 0. The van der Waals surface area contributed by atoms with Gasteiger partial charge in [-0.1, -0.05) is 12.1 Å². The molecule has 130 valence electrons. The molecule has 6 nitrogen and oxygen atoms in total. The van der Waals surface area contributed by atoms with Crippen LogP contribution in [0, 0.1) is 0 Å². The highest BCUT2D eigenvalue weighted by Crippen LogP contribution is 2.33. The van der Waals surface area contributed by atoms with Crippen molar-refractivity contribution in [3.05, 3.63) is 41.5 Å². The van der Waals surface area contributed by atoms with E-state index in [-0.39, 0.29) is 13.0 Å². The van der Waals surface area contributed by atoms with E-state index < -0.39 is 23.4 Å². The van der Waals surface area contributed by atoms with Crippen molar-refractivity contribution in [2.24, 2.45) is 0 Å². The van der Waals surface area contributed by atoms with Gasteiger partial charge in [0, 0.05) is 34.1 Å². The molecular weight excluding hydrogens is 320 g/mol. The highest BCUT2D eigenvalue weighted by Gasteiger charge is 2.33. The van der Waals surface area contributed by atoms with Crippen molar-refractivity contribution in [3.8, 4) is 0 Å². The zero-order valence-electron chi connectivity index (χ0n) is 14.5. The third-order valence-corrected chi connectivity index (χ3v) is 3.99. The summed E-state index contributed by atoms with van der Waals surface area (Å²) in [4.78, 5) is 38.5. The minimum Gasteiger partial charge on any atom is -0.460 e. The molecule has 1 heterocycles. The zero-order valence-corrected chi connectivity index (χ0v) is 14.5. The van der Waals surface area contributed by atoms with Gasteiger partial charge in [-0.2, -0.15) is 0 Å². The van der Waals surface area contributed by atoms with E-state index in [9.17, 15) is 14.4 Å². The molecule has 1 aliphatic rings. The summed E-state index contributed by atoms with van der Waals surface area (Å²) in [5.74, 6) is -1.29. The molecule has 0 saturated carbocycles. The third kappa shape index (κ3) is 3.07. The molecule has 0 spiro atoms. The molecule has 2 aromatic rings. The van der Waals surface area contributed by atoms with E-state index in [1.54, 1.807) is 51.1 Å². The summed E-state index contributed by atoms with van der Waals surface area (Å²) in [5, 5.41) is 1.26. The lowest BCUT2D eigenvalue weighted by molar-refractivity contribution is -0.154. The van der Waals surface area contributed by atoms with E-state index in [0.29, 0.717) is 27.6 Å². The highest BCUT2D eigenvalue weighted by molar-refractivity contribution is 6.26. The van der Waals surface area contributed by atoms with Gasteiger partial charge in [0.15, 0.2) is 0 Å². The van der Waals surface area contributed by atoms with Crippen LogP contribution >= 0.6 is 0 Å². The number of nitrogens with two attached hydrogens (primary N) is 1. The van der Waals surface area contributed by atoms with Gasteiger partial charge in [-0.05, 0) is 39.0 Å². The number of rotatable bonds is 3. The Morgan fingerprint density at radius 1 is 1.08 bits per heavy atom. The second-order valence-corrected chi connectivity index (χ2v) is 7.03. The maximum atomic E-state index is 12.7. The van der Waals surface area contributed by atoms with Crippen LogP contribution in [0.4, 0.5) is 5.69 Å². The number of nitrogen functional groups attached to an aromatic ring is 1. The zero-order chi connectivity index (χ0) is 18.4. The second kappa shape index (κ2) is 5.88. The first-order chi connectivity index (χ1) is 11.7. The van der Waals surface area contributed by atoms with Gasteiger partial charge in [0.1, 0.15) is 5.60 Å². The van der Waals surface area contributed by atoms with Gasteiger partial charge in [-0.15, -0.1) is 0 Å². The van der Waals surface area contributed by atoms with E-state index in [1.165, 1.54) is 0 Å². The van der Waals surface area contributed by atoms with Crippen LogP contribution in [0.5, 0.6) is 0 Å². The number of amides is 2. The number of nitrogens with zero attached hydrogens (tertiary/aromatic N) is 1. The maximum absolute atomic E-state index is 12.7. The number of benzene rings is 2. The molecular formula is C19H20N2O4. The number of esters is 1. The van der Waals surface area contributed by atoms with Crippen LogP contribution in [0.15, 0.2) is 30.3 Å². The van der Waals surface area contributed by atoms with E-state index in [1.807, 2.05) is 0 Å². The molecule has 0 saturated heterocycles. The molecule has 0 unspecified atom stereocenters. The Labute approximate surface area is 145 Å². The fourth-order valence-corrected chi connectivity index (χ4v) is 2.97. The lowest BCUT2D eigenvalue weighted by Gasteiger charge is -2.27. The summed E-state index contributed by atoms with van der Waals surface area (Å²) in [5.41, 5.74) is 6.71. The van der Waals surface area contributed by atoms with Crippen molar-refractivity contribution >= 4 is 34.2 Å². The maximum Gasteiger partial charge on any atom is 0.308 e. The summed E-state index contributed by atoms with van der Waals surface area (Å²) in [6.45, 7) is 5.28. The predicted octanol–water partition coefficient (Wildman–Crippen LogP) is 2.75. The molecule has 2 aromatic carbocycles. The Balaban J connectivity index is 1.90. The van der Waals surface area contributed by atoms with Crippen LogP contribution in [-0.2, 0) is 9.53 Å². The monoisotopic (exact) mass is 340 g/mol. The quantitative estimate of drug-likeness (QED) is 0.527. The highest BCUT2D eigenvalue weighted by atomic mass is 16.6. The van der Waals surface area contributed by atoms with Crippen LogP contribution < -0.4 is 5.73 Å². The number of hydrogen-bond acceptors (Lipinski definition) is 5. The molecule has 1 aliphatic heterocycles. The summed E-state index contributed by atoms with van der Waals surface area (Å²) < 4.78 is 5.24. The minimum atomic E-state index is -0.608. The van der Waals surface area contributed by atoms with Crippen molar-refractivity contribution in [3.63, 3.8) is 0 Å². The lowest BCUT2D eigenvalue weighted by Crippen LogP contribution is -2.42. The van der Waals surface area contributed by atoms with Gasteiger partial charge in [0.2, 0.25) is 0 Å². The molecule has 3 rings (SSSR count). The van der Waals surface area contributed by atoms with E-state index in [0.717, 1.165) is 4.90 Å². The Hall–Kier alpha value is -2.89. The minimum absolute atomic E-state index is 0.0210. The van der Waals surface area contributed by atoms with Crippen molar-refractivity contribution < 1.29 is 19.1 Å². The number of carbonyl (C=O) groups is 3. The molecule has 0 atom stereocenters. The first kappa shape index (κ1) is 17.0. The number of imide groups is 1. The normalized spacial score (nSPS) is 14.1. The topological polar surface area (TPSA) is 89.7 Å². The molecule has 25 heavy (non-hydrogen) atoms. The van der Waals surface area contributed by atoms with Gasteiger partial charge in [-0.25, -0.2) is 0 Å². The first-order valence-electron chi connectivity index (χ1n) is 8.08. The average Bonchev–Trinajstić information content (AvgIpc) is 2.52. The molecule has 0 aliphatic carbocycles. The number of anilines is 1. The van der Waals surface area contributed by atoms with Crippen LogP contribution in [-0.4, -0.2) is 34.8 Å². The van der Waals surface area contributed by atoms with Crippen LogP contribution in [0.25, 0.3) is 10.8 Å². The van der Waals surface area contributed by atoms with E-state index in [2.05, 4.69) is 0 Å². The second-order valence-electron chi connectivity index (χ2n) is 7.03. The fourth-order valence-electron chi connectivity index (χ4n) is 2.97. The van der Waals surface area contributed by atoms with Crippen molar-refractivity contribution in [2.45, 2.75) is 32.8 Å². The van der Waals surface area contributed by atoms with Gasteiger partial charge < -0.3 is 10.5 Å². The van der Waals surface area contributed by atoms with Crippen molar-refractivity contribution in [1.29, 1.82) is 0 Å². The molecule has 0 fully saturated rings. The number of hydrogen-bond donors (Lipinski definition) is 1. The van der Waals surface area contributed by atoms with E-state index in [4.69, 9.17) is 10.5 Å². The molecule has 2 N–H and O–H groups in total. The Morgan fingerprint density at radius 3 is 2.36 bits per heavy atom. The van der Waals surface area contributed by atoms with Crippen LogP contribution in [0.1, 0.15) is 47.9 Å².